The Balaban J connectivity index is 1.58. The van der Waals surface area contributed by atoms with Gasteiger partial charge >= 0.3 is 0 Å². The van der Waals surface area contributed by atoms with Gasteiger partial charge in [-0.2, -0.15) is 5.10 Å². The van der Waals surface area contributed by atoms with E-state index in [0.29, 0.717) is 16.8 Å². The van der Waals surface area contributed by atoms with Crippen molar-refractivity contribution in [3.8, 4) is 0 Å². The number of hydrogen-bond acceptors (Lipinski definition) is 4. The quantitative estimate of drug-likeness (QED) is 0.356. The highest BCUT2D eigenvalue weighted by Crippen LogP contribution is 2.23. The van der Waals surface area contributed by atoms with Gasteiger partial charge in [0.2, 0.25) is 0 Å². The largest absolute Gasteiger partial charge is 0.321 e. The summed E-state index contributed by atoms with van der Waals surface area (Å²) in [4.78, 5) is 23.2. The SMILES string of the molecule is Cc1cc(C(=O)Nc2ccccc2/C=C/c2n[nH]c3ccccc23)ccc1[N+](=O)[O-]. The van der Waals surface area contributed by atoms with Crippen LogP contribution in [0.15, 0.2) is 66.7 Å². The highest BCUT2D eigenvalue weighted by atomic mass is 16.6. The number of benzene rings is 3. The van der Waals surface area contributed by atoms with E-state index in [1.807, 2.05) is 54.6 Å². The molecule has 0 aliphatic carbocycles. The summed E-state index contributed by atoms with van der Waals surface area (Å²) in [5.41, 5.74) is 3.98. The van der Waals surface area contributed by atoms with Gasteiger partial charge in [-0.1, -0.05) is 42.5 Å². The Morgan fingerprint density at radius 2 is 1.83 bits per heavy atom. The molecule has 4 rings (SSSR count). The molecule has 1 aromatic heterocycles. The maximum Gasteiger partial charge on any atom is 0.272 e. The van der Waals surface area contributed by atoms with Crippen LogP contribution in [0.2, 0.25) is 0 Å². The van der Waals surface area contributed by atoms with Crippen LogP contribution in [0.3, 0.4) is 0 Å². The van der Waals surface area contributed by atoms with Gasteiger partial charge in [0.15, 0.2) is 0 Å². The second kappa shape index (κ2) is 8.00. The molecule has 0 aliphatic heterocycles. The highest BCUT2D eigenvalue weighted by Gasteiger charge is 2.14. The van der Waals surface area contributed by atoms with E-state index < -0.39 is 4.92 Å². The molecule has 0 unspecified atom stereocenters. The zero-order chi connectivity index (χ0) is 21.1. The van der Waals surface area contributed by atoms with E-state index in [2.05, 4.69) is 15.5 Å². The van der Waals surface area contributed by atoms with Gasteiger partial charge in [0.05, 0.1) is 16.1 Å². The van der Waals surface area contributed by atoms with Crippen LogP contribution in [0.4, 0.5) is 11.4 Å². The zero-order valence-corrected chi connectivity index (χ0v) is 16.1. The molecule has 0 radical (unpaired) electrons. The number of nitrogens with one attached hydrogen (secondary N) is 2. The molecule has 0 spiro atoms. The zero-order valence-electron chi connectivity index (χ0n) is 16.1. The Kier molecular flexibility index (Phi) is 5.09. The molecule has 0 saturated carbocycles. The number of aryl methyl sites for hydroxylation is 1. The van der Waals surface area contributed by atoms with Crippen molar-refractivity contribution in [3.63, 3.8) is 0 Å². The van der Waals surface area contributed by atoms with E-state index in [1.54, 1.807) is 13.0 Å². The number of aromatic nitrogens is 2. The van der Waals surface area contributed by atoms with Gasteiger partial charge in [-0.05, 0) is 42.8 Å². The third kappa shape index (κ3) is 3.81. The molecule has 2 N–H and O–H groups in total. The van der Waals surface area contributed by atoms with Crippen LogP contribution in [0.25, 0.3) is 23.1 Å². The van der Waals surface area contributed by atoms with Crippen molar-refractivity contribution < 1.29 is 9.72 Å². The van der Waals surface area contributed by atoms with Crippen LogP contribution in [0.5, 0.6) is 0 Å². The summed E-state index contributed by atoms with van der Waals surface area (Å²) < 4.78 is 0. The number of para-hydroxylation sites is 2. The third-order valence-corrected chi connectivity index (χ3v) is 4.79. The van der Waals surface area contributed by atoms with Gasteiger partial charge in [-0.25, -0.2) is 0 Å². The predicted octanol–water partition coefficient (Wildman–Crippen LogP) is 5.20. The number of amides is 1. The van der Waals surface area contributed by atoms with E-state index in [0.717, 1.165) is 22.2 Å². The van der Waals surface area contributed by atoms with Crippen molar-refractivity contribution in [2.24, 2.45) is 0 Å². The molecule has 1 amide bonds. The van der Waals surface area contributed by atoms with Crippen LogP contribution in [0.1, 0.15) is 27.2 Å². The summed E-state index contributed by atoms with van der Waals surface area (Å²) in [5.74, 6) is -0.334. The second-order valence-corrected chi connectivity index (χ2v) is 6.79. The van der Waals surface area contributed by atoms with Crippen molar-refractivity contribution in [2.75, 3.05) is 5.32 Å². The van der Waals surface area contributed by atoms with E-state index in [-0.39, 0.29) is 11.6 Å². The molecule has 0 fully saturated rings. The minimum Gasteiger partial charge on any atom is -0.321 e. The lowest BCUT2D eigenvalue weighted by molar-refractivity contribution is -0.385. The van der Waals surface area contributed by atoms with Gasteiger partial charge in [0.1, 0.15) is 0 Å². The van der Waals surface area contributed by atoms with Gasteiger partial charge in [0.25, 0.3) is 11.6 Å². The molecule has 0 saturated heterocycles. The second-order valence-electron chi connectivity index (χ2n) is 6.79. The van der Waals surface area contributed by atoms with Crippen molar-refractivity contribution in [1.82, 2.24) is 10.2 Å². The number of carbonyl (C=O) groups excluding carboxylic acids is 1. The summed E-state index contributed by atoms with van der Waals surface area (Å²) in [6, 6.07) is 19.6. The molecule has 148 valence electrons. The Morgan fingerprint density at radius 3 is 2.63 bits per heavy atom. The van der Waals surface area contributed by atoms with E-state index in [9.17, 15) is 14.9 Å². The van der Waals surface area contributed by atoms with Gasteiger partial charge in [-0.15, -0.1) is 0 Å². The monoisotopic (exact) mass is 398 g/mol. The van der Waals surface area contributed by atoms with Crippen LogP contribution >= 0.6 is 0 Å². The molecule has 0 atom stereocenters. The molecule has 30 heavy (non-hydrogen) atoms. The fraction of sp³-hybridized carbons (Fsp3) is 0.0435. The van der Waals surface area contributed by atoms with Crippen LogP contribution < -0.4 is 5.32 Å². The predicted molar refractivity (Wildman–Crippen MR) is 117 cm³/mol. The lowest BCUT2D eigenvalue weighted by Crippen LogP contribution is -2.13. The number of carbonyl (C=O) groups is 1. The fourth-order valence-corrected chi connectivity index (χ4v) is 3.23. The van der Waals surface area contributed by atoms with Crippen molar-refractivity contribution in [3.05, 3.63) is 99.2 Å². The average Bonchev–Trinajstić information content (AvgIpc) is 3.16. The summed E-state index contributed by atoms with van der Waals surface area (Å²) in [5, 5.41) is 22.2. The summed E-state index contributed by atoms with van der Waals surface area (Å²) in [7, 11) is 0. The third-order valence-electron chi connectivity index (χ3n) is 4.79. The lowest BCUT2D eigenvalue weighted by atomic mass is 10.1. The number of anilines is 1. The number of H-pyrrole nitrogens is 1. The topological polar surface area (TPSA) is 101 Å². The van der Waals surface area contributed by atoms with Gasteiger partial charge in [0, 0.05) is 28.3 Å². The lowest BCUT2D eigenvalue weighted by Gasteiger charge is -2.09. The summed E-state index contributed by atoms with van der Waals surface area (Å²) in [6.07, 6.45) is 3.78. The number of nitrogens with zero attached hydrogens (tertiary/aromatic N) is 2. The number of aromatic amines is 1. The first-order chi connectivity index (χ1) is 14.5. The Hall–Kier alpha value is -4.26. The number of fused-ring (bicyclic) bond motifs is 1. The molecule has 7 heteroatoms. The van der Waals surface area contributed by atoms with Gasteiger partial charge in [-0.3, -0.25) is 20.0 Å². The minimum atomic E-state index is -0.462. The molecule has 3 aromatic carbocycles. The Labute approximate surface area is 172 Å². The van der Waals surface area contributed by atoms with E-state index in [4.69, 9.17) is 0 Å². The van der Waals surface area contributed by atoms with Crippen molar-refractivity contribution >= 4 is 40.3 Å². The first-order valence-corrected chi connectivity index (χ1v) is 9.29. The molecule has 7 nitrogen and oxygen atoms in total. The van der Waals surface area contributed by atoms with Gasteiger partial charge < -0.3 is 5.32 Å². The normalized spacial score (nSPS) is 11.1. The molecule has 0 aliphatic rings. The molecule has 1 heterocycles. The first kappa shape index (κ1) is 19.1. The van der Waals surface area contributed by atoms with E-state index >= 15 is 0 Å². The van der Waals surface area contributed by atoms with Crippen molar-refractivity contribution in [1.29, 1.82) is 0 Å². The maximum atomic E-state index is 12.7. The standard InChI is InChI=1S/C23H18N4O3/c1-15-14-17(11-13-22(15)27(29)30)23(28)24-19-8-4-2-6-16(19)10-12-21-18-7-3-5-9-20(18)25-26-21/h2-14H,1H3,(H,24,28)(H,25,26)/b12-10+. The molecular formula is C23H18N4O3. The smallest absolute Gasteiger partial charge is 0.272 e. The van der Waals surface area contributed by atoms with Crippen LogP contribution in [0, 0.1) is 17.0 Å². The fourth-order valence-electron chi connectivity index (χ4n) is 3.23. The number of hydrogen-bond donors (Lipinski definition) is 2. The first-order valence-electron chi connectivity index (χ1n) is 9.29. The average molecular weight is 398 g/mol. The molecule has 4 aromatic rings. The van der Waals surface area contributed by atoms with Crippen LogP contribution in [-0.4, -0.2) is 21.0 Å². The minimum absolute atomic E-state index is 0.0129. The number of nitro groups is 1. The highest BCUT2D eigenvalue weighted by molar-refractivity contribution is 6.05. The number of rotatable bonds is 5. The summed E-state index contributed by atoms with van der Waals surface area (Å²) >= 11 is 0. The number of nitro benzene ring substituents is 1. The van der Waals surface area contributed by atoms with Crippen LogP contribution in [-0.2, 0) is 0 Å². The summed E-state index contributed by atoms with van der Waals surface area (Å²) in [6.45, 7) is 1.61. The van der Waals surface area contributed by atoms with Crippen molar-refractivity contribution in [2.45, 2.75) is 6.92 Å². The molecule has 0 bridgehead atoms. The Bertz CT molecular complexity index is 1290. The Morgan fingerprint density at radius 1 is 1.07 bits per heavy atom. The van der Waals surface area contributed by atoms with E-state index in [1.165, 1.54) is 18.2 Å². The molecular weight excluding hydrogens is 380 g/mol. The maximum absolute atomic E-state index is 12.7.